The maximum absolute atomic E-state index is 13.2. The number of morpholine rings is 1. The number of aryl methyl sites for hydroxylation is 1. The summed E-state index contributed by atoms with van der Waals surface area (Å²) in [5, 5.41) is 2.84. The van der Waals surface area contributed by atoms with Gasteiger partial charge in [0.25, 0.3) is 5.91 Å². The fourth-order valence-electron chi connectivity index (χ4n) is 3.42. The van der Waals surface area contributed by atoms with Crippen LogP contribution in [0, 0.1) is 6.92 Å². The molecule has 0 aliphatic carbocycles. The highest BCUT2D eigenvalue weighted by molar-refractivity contribution is 7.89. The third-order valence-electron chi connectivity index (χ3n) is 4.80. The Hall–Kier alpha value is -2.13. The van der Waals surface area contributed by atoms with Crippen LogP contribution in [0.25, 0.3) is 0 Å². The number of nitrogens with one attached hydrogen (secondary N) is 1. The zero-order valence-electron chi connectivity index (χ0n) is 17.3. The summed E-state index contributed by atoms with van der Waals surface area (Å²) in [6.45, 7) is 5.98. The molecule has 0 radical (unpaired) electrons. The summed E-state index contributed by atoms with van der Waals surface area (Å²) in [6, 6.07) is 9.61. The second kappa shape index (κ2) is 8.93. The lowest BCUT2D eigenvalue weighted by Crippen LogP contribution is -2.48. The van der Waals surface area contributed by atoms with Gasteiger partial charge in [-0.25, -0.2) is 8.42 Å². The number of amides is 1. The minimum absolute atomic E-state index is 0.0616. The Balaban J connectivity index is 1.91. The molecule has 2 unspecified atom stereocenters. The first-order valence-electron chi connectivity index (χ1n) is 9.53. The molecule has 0 saturated carbocycles. The summed E-state index contributed by atoms with van der Waals surface area (Å²) in [7, 11) is -2.38. The Bertz CT molecular complexity index is 1050. The van der Waals surface area contributed by atoms with Gasteiger partial charge in [0.05, 0.1) is 30.0 Å². The molecule has 3 rings (SSSR count). The molecule has 1 fully saturated rings. The molecule has 1 N–H and O–H groups in total. The van der Waals surface area contributed by atoms with E-state index in [1.165, 1.54) is 29.6 Å². The minimum atomic E-state index is -3.89. The number of nitrogens with zero attached hydrogens (tertiary/aromatic N) is 1. The molecule has 1 heterocycles. The minimum Gasteiger partial charge on any atom is -0.495 e. The Kier molecular flexibility index (Phi) is 6.71. The predicted octanol–water partition coefficient (Wildman–Crippen LogP) is 3.71. The Morgan fingerprint density at radius 1 is 1.17 bits per heavy atom. The first kappa shape index (κ1) is 22.6. The standard InChI is InChI=1S/C21H25ClN2O5S/c1-13-5-8-19(28-4)18(9-13)23-21(25)16-6-7-17(22)20(10-16)30(26,27)24-11-14(2)29-15(3)12-24/h5-10,14-15H,11-12H2,1-4H3,(H,23,25). The molecule has 0 bridgehead atoms. The molecular formula is C21H25ClN2O5S. The molecule has 7 nitrogen and oxygen atoms in total. The number of benzene rings is 2. The van der Waals surface area contributed by atoms with E-state index in [0.717, 1.165) is 5.56 Å². The first-order chi connectivity index (χ1) is 14.1. The Labute approximate surface area is 182 Å². The van der Waals surface area contributed by atoms with Gasteiger partial charge in [0, 0.05) is 18.7 Å². The monoisotopic (exact) mass is 452 g/mol. The van der Waals surface area contributed by atoms with E-state index < -0.39 is 15.9 Å². The number of hydrogen-bond acceptors (Lipinski definition) is 5. The molecular weight excluding hydrogens is 428 g/mol. The topological polar surface area (TPSA) is 84.9 Å². The van der Waals surface area contributed by atoms with Crippen molar-refractivity contribution in [1.29, 1.82) is 0 Å². The highest BCUT2D eigenvalue weighted by Gasteiger charge is 2.34. The molecule has 2 aromatic carbocycles. The van der Waals surface area contributed by atoms with E-state index in [4.69, 9.17) is 21.1 Å². The van der Waals surface area contributed by atoms with Crippen LogP contribution in [-0.2, 0) is 14.8 Å². The van der Waals surface area contributed by atoms with Gasteiger partial charge in [0.15, 0.2) is 0 Å². The summed E-state index contributed by atoms with van der Waals surface area (Å²) in [6.07, 6.45) is -0.467. The third kappa shape index (κ3) is 4.78. The van der Waals surface area contributed by atoms with Gasteiger partial charge in [-0.15, -0.1) is 0 Å². The predicted molar refractivity (Wildman–Crippen MR) is 116 cm³/mol. The van der Waals surface area contributed by atoms with Crippen molar-refractivity contribution >= 4 is 33.2 Å². The van der Waals surface area contributed by atoms with Crippen molar-refractivity contribution in [2.75, 3.05) is 25.5 Å². The SMILES string of the molecule is COc1ccc(C)cc1NC(=O)c1ccc(Cl)c(S(=O)(=O)N2CC(C)OC(C)C2)c1. The van der Waals surface area contributed by atoms with Crippen molar-refractivity contribution in [1.82, 2.24) is 4.31 Å². The average Bonchev–Trinajstić information content (AvgIpc) is 2.67. The van der Waals surface area contributed by atoms with Gasteiger partial charge in [0.2, 0.25) is 10.0 Å². The van der Waals surface area contributed by atoms with Crippen LogP contribution in [0.5, 0.6) is 5.75 Å². The van der Waals surface area contributed by atoms with Gasteiger partial charge < -0.3 is 14.8 Å². The quantitative estimate of drug-likeness (QED) is 0.747. The lowest BCUT2D eigenvalue weighted by atomic mass is 10.1. The molecule has 1 aliphatic rings. The van der Waals surface area contributed by atoms with E-state index in [1.54, 1.807) is 12.1 Å². The maximum atomic E-state index is 13.2. The molecule has 9 heteroatoms. The van der Waals surface area contributed by atoms with Crippen molar-refractivity contribution < 1.29 is 22.7 Å². The van der Waals surface area contributed by atoms with Crippen LogP contribution >= 0.6 is 11.6 Å². The number of rotatable bonds is 5. The summed E-state index contributed by atoms with van der Waals surface area (Å²) >= 11 is 6.22. The van der Waals surface area contributed by atoms with Crippen LogP contribution in [0.3, 0.4) is 0 Å². The molecule has 2 aromatic rings. The van der Waals surface area contributed by atoms with Crippen molar-refractivity contribution in [3.63, 3.8) is 0 Å². The summed E-state index contributed by atoms with van der Waals surface area (Å²) in [4.78, 5) is 12.7. The molecule has 0 spiro atoms. The van der Waals surface area contributed by atoms with Crippen LogP contribution in [-0.4, -0.2) is 51.0 Å². The van der Waals surface area contributed by atoms with Crippen molar-refractivity contribution in [3.8, 4) is 5.75 Å². The molecule has 162 valence electrons. The first-order valence-corrected chi connectivity index (χ1v) is 11.3. The Morgan fingerprint density at radius 3 is 2.47 bits per heavy atom. The van der Waals surface area contributed by atoms with Crippen LogP contribution in [0.1, 0.15) is 29.8 Å². The highest BCUT2D eigenvalue weighted by atomic mass is 35.5. The van der Waals surface area contributed by atoms with Gasteiger partial charge >= 0.3 is 0 Å². The number of methoxy groups -OCH3 is 1. The Morgan fingerprint density at radius 2 is 1.83 bits per heavy atom. The van der Waals surface area contributed by atoms with Gasteiger partial charge in [-0.1, -0.05) is 17.7 Å². The van der Waals surface area contributed by atoms with E-state index in [2.05, 4.69) is 5.32 Å². The zero-order valence-corrected chi connectivity index (χ0v) is 18.9. The third-order valence-corrected chi connectivity index (χ3v) is 7.11. The molecule has 30 heavy (non-hydrogen) atoms. The van der Waals surface area contributed by atoms with E-state index >= 15 is 0 Å². The number of ether oxygens (including phenoxy) is 2. The molecule has 1 amide bonds. The van der Waals surface area contributed by atoms with Gasteiger partial charge in [-0.2, -0.15) is 4.31 Å². The number of carbonyl (C=O) groups is 1. The van der Waals surface area contributed by atoms with Gasteiger partial charge in [0.1, 0.15) is 10.6 Å². The summed E-state index contributed by atoms with van der Waals surface area (Å²) in [5.74, 6) is 0.0442. The number of carbonyl (C=O) groups excluding carboxylic acids is 1. The summed E-state index contributed by atoms with van der Waals surface area (Å²) < 4.78 is 38.7. The van der Waals surface area contributed by atoms with Crippen molar-refractivity contribution in [3.05, 3.63) is 52.5 Å². The highest BCUT2D eigenvalue weighted by Crippen LogP contribution is 2.30. The molecule has 0 aromatic heterocycles. The second-order valence-electron chi connectivity index (χ2n) is 7.38. The number of anilines is 1. The number of hydrogen-bond donors (Lipinski definition) is 1. The lowest BCUT2D eigenvalue weighted by Gasteiger charge is -2.34. The second-order valence-corrected chi connectivity index (χ2v) is 9.70. The van der Waals surface area contributed by atoms with E-state index in [-0.39, 0.29) is 40.8 Å². The van der Waals surface area contributed by atoms with Crippen molar-refractivity contribution in [2.24, 2.45) is 0 Å². The fraction of sp³-hybridized carbons (Fsp3) is 0.381. The average molecular weight is 453 g/mol. The van der Waals surface area contributed by atoms with Crippen molar-refractivity contribution in [2.45, 2.75) is 37.9 Å². The lowest BCUT2D eigenvalue weighted by molar-refractivity contribution is -0.0440. The molecule has 1 aliphatic heterocycles. The normalized spacial score (nSPS) is 20.0. The van der Waals surface area contributed by atoms with Crippen LogP contribution in [0.4, 0.5) is 5.69 Å². The van der Waals surface area contributed by atoms with Gasteiger partial charge in [-0.3, -0.25) is 4.79 Å². The fourth-order valence-corrected chi connectivity index (χ4v) is 5.51. The number of sulfonamides is 1. The van der Waals surface area contributed by atoms with E-state index in [0.29, 0.717) is 11.4 Å². The zero-order chi connectivity index (χ0) is 22.1. The molecule has 2 atom stereocenters. The van der Waals surface area contributed by atoms with E-state index in [1.807, 2.05) is 26.8 Å². The smallest absolute Gasteiger partial charge is 0.255 e. The van der Waals surface area contributed by atoms with E-state index in [9.17, 15) is 13.2 Å². The van der Waals surface area contributed by atoms with Crippen LogP contribution in [0.15, 0.2) is 41.3 Å². The summed E-state index contributed by atoms with van der Waals surface area (Å²) in [5.41, 5.74) is 1.62. The van der Waals surface area contributed by atoms with Crippen LogP contribution < -0.4 is 10.1 Å². The van der Waals surface area contributed by atoms with Gasteiger partial charge in [-0.05, 0) is 56.7 Å². The largest absolute Gasteiger partial charge is 0.495 e. The van der Waals surface area contributed by atoms with Crippen LogP contribution in [0.2, 0.25) is 5.02 Å². The molecule has 1 saturated heterocycles. The number of halogens is 1. The maximum Gasteiger partial charge on any atom is 0.255 e.